The first-order chi connectivity index (χ1) is 12.2. The van der Waals surface area contributed by atoms with Crippen LogP contribution < -0.4 is 4.90 Å². The van der Waals surface area contributed by atoms with E-state index in [-0.39, 0.29) is 11.9 Å². The average Bonchev–Trinajstić information content (AvgIpc) is 3.30. The van der Waals surface area contributed by atoms with Gasteiger partial charge < -0.3 is 9.80 Å². The Balaban J connectivity index is 1.57. The Labute approximate surface area is 146 Å². The van der Waals surface area contributed by atoms with E-state index in [1.165, 1.54) is 0 Å². The minimum atomic E-state index is -0.150. The summed E-state index contributed by atoms with van der Waals surface area (Å²) in [6.07, 6.45) is 5.38. The first-order valence-electron chi connectivity index (χ1n) is 8.58. The number of nitrogens with zero attached hydrogens (tertiary/aromatic N) is 5. The number of carbonyl (C=O) groups is 1. The van der Waals surface area contributed by atoms with Crippen molar-refractivity contribution in [3.8, 4) is 0 Å². The zero-order chi connectivity index (χ0) is 17.2. The van der Waals surface area contributed by atoms with Gasteiger partial charge in [0.15, 0.2) is 5.65 Å². The molecule has 1 aliphatic rings. The maximum atomic E-state index is 13.0. The van der Waals surface area contributed by atoms with Crippen LogP contribution in [0.4, 0.5) is 5.82 Å². The normalized spacial score (nSPS) is 17.2. The Hall–Kier alpha value is -2.89. The summed E-state index contributed by atoms with van der Waals surface area (Å²) in [6, 6.07) is 13.7. The van der Waals surface area contributed by atoms with Gasteiger partial charge in [0, 0.05) is 32.4 Å². The average molecular weight is 335 g/mol. The van der Waals surface area contributed by atoms with Gasteiger partial charge in [0.25, 0.3) is 0 Å². The summed E-state index contributed by atoms with van der Waals surface area (Å²) in [5.74, 6) is 1.08. The number of benzene rings is 1. The first-order valence-corrected chi connectivity index (χ1v) is 8.58. The second-order valence-electron chi connectivity index (χ2n) is 6.44. The predicted molar refractivity (Wildman–Crippen MR) is 96.3 cm³/mol. The highest BCUT2D eigenvalue weighted by molar-refractivity contribution is 5.85. The van der Waals surface area contributed by atoms with E-state index in [0.717, 1.165) is 36.4 Å². The van der Waals surface area contributed by atoms with Crippen LogP contribution in [0.3, 0.4) is 0 Å². The number of fused-ring (bicyclic) bond motifs is 1. The van der Waals surface area contributed by atoms with Gasteiger partial charge in [0.05, 0.1) is 6.20 Å². The smallest absolute Gasteiger partial charge is 0.245 e. The van der Waals surface area contributed by atoms with E-state index in [1.54, 1.807) is 12.4 Å². The fourth-order valence-electron chi connectivity index (χ4n) is 3.53. The van der Waals surface area contributed by atoms with Crippen molar-refractivity contribution in [3.63, 3.8) is 0 Å². The van der Waals surface area contributed by atoms with Crippen LogP contribution in [0.2, 0.25) is 0 Å². The third-order valence-corrected chi connectivity index (χ3v) is 4.74. The third kappa shape index (κ3) is 2.95. The van der Waals surface area contributed by atoms with E-state index in [4.69, 9.17) is 0 Å². The Kier molecular flexibility index (Phi) is 4.09. The van der Waals surface area contributed by atoms with Crippen molar-refractivity contribution in [2.45, 2.75) is 25.4 Å². The molecule has 0 spiro atoms. The van der Waals surface area contributed by atoms with E-state index < -0.39 is 0 Å². The molecule has 3 aromatic rings. The van der Waals surface area contributed by atoms with Gasteiger partial charge in [0.2, 0.25) is 5.91 Å². The summed E-state index contributed by atoms with van der Waals surface area (Å²) in [4.78, 5) is 21.3. The molecule has 0 bridgehead atoms. The highest BCUT2D eigenvalue weighted by Crippen LogP contribution is 2.26. The molecule has 0 unspecified atom stereocenters. The van der Waals surface area contributed by atoms with Gasteiger partial charge in [-0.3, -0.25) is 4.79 Å². The molecule has 0 radical (unpaired) electrons. The summed E-state index contributed by atoms with van der Waals surface area (Å²) >= 11 is 0. The molecule has 6 heteroatoms. The van der Waals surface area contributed by atoms with Gasteiger partial charge in [0.1, 0.15) is 11.9 Å². The third-order valence-electron chi connectivity index (χ3n) is 4.74. The lowest BCUT2D eigenvalue weighted by molar-refractivity contribution is -0.131. The van der Waals surface area contributed by atoms with Crippen LogP contribution in [0.25, 0.3) is 5.65 Å². The molecule has 1 aromatic carbocycles. The molecule has 25 heavy (non-hydrogen) atoms. The molecule has 128 valence electrons. The summed E-state index contributed by atoms with van der Waals surface area (Å²) in [6.45, 7) is 1.48. The van der Waals surface area contributed by atoms with E-state index in [1.807, 2.05) is 58.9 Å². The maximum absolute atomic E-state index is 13.0. The van der Waals surface area contributed by atoms with E-state index in [2.05, 4.69) is 15.0 Å². The monoisotopic (exact) mass is 335 g/mol. The van der Waals surface area contributed by atoms with Gasteiger partial charge in [-0.1, -0.05) is 30.3 Å². The van der Waals surface area contributed by atoms with Crippen molar-refractivity contribution in [1.29, 1.82) is 0 Å². The maximum Gasteiger partial charge on any atom is 0.245 e. The van der Waals surface area contributed by atoms with Gasteiger partial charge in [-0.2, -0.15) is 9.61 Å². The number of anilines is 1. The van der Waals surface area contributed by atoms with Crippen molar-refractivity contribution in [1.82, 2.24) is 19.5 Å². The number of aromatic nitrogens is 3. The molecule has 1 atom stereocenters. The molecule has 6 nitrogen and oxygen atoms in total. The zero-order valence-corrected chi connectivity index (χ0v) is 14.2. The van der Waals surface area contributed by atoms with Crippen LogP contribution in [0.1, 0.15) is 18.4 Å². The number of carbonyl (C=O) groups excluding carboxylic acids is 1. The highest BCUT2D eigenvalue weighted by Gasteiger charge is 2.34. The molecular weight excluding hydrogens is 314 g/mol. The topological polar surface area (TPSA) is 53.7 Å². The Morgan fingerprint density at radius 2 is 2.04 bits per heavy atom. The zero-order valence-electron chi connectivity index (χ0n) is 14.2. The van der Waals surface area contributed by atoms with Crippen molar-refractivity contribution >= 4 is 17.4 Å². The molecular formula is C19H21N5O. The standard InChI is InChI=1S/C19H21N5O/c1-22(14-15-6-3-2-4-7-15)19(25)16-8-5-13-23(16)18-10-11-20-17-9-12-21-24(17)18/h2-4,6-7,9-12,16H,5,8,13-14H2,1H3/t16-/m0/s1. The van der Waals surface area contributed by atoms with E-state index in [0.29, 0.717) is 6.54 Å². The number of likely N-dealkylation sites (N-methyl/N-ethyl adjacent to an activating group) is 1. The van der Waals surface area contributed by atoms with Crippen LogP contribution in [0, 0.1) is 0 Å². The quantitative estimate of drug-likeness (QED) is 0.734. The molecule has 4 rings (SSSR count). The number of hydrogen-bond donors (Lipinski definition) is 0. The van der Waals surface area contributed by atoms with Crippen molar-refractivity contribution in [2.24, 2.45) is 0 Å². The van der Waals surface area contributed by atoms with E-state index in [9.17, 15) is 4.79 Å². The SMILES string of the molecule is CN(Cc1ccccc1)C(=O)[C@@H]1CCCN1c1ccnc2ccnn12. The predicted octanol–water partition coefficient (Wildman–Crippen LogP) is 2.36. The summed E-state index contributed by atoms with van der Waals surface area (Å²) in [5.41, 5.74) is 1.94. The van der Waals surface area contributed by atoms with Crippen molar-refractivity contribution in [2.75, 3.05) is 18.5 Å². The first kappa shape index (κ1) is 15.6. The fourth-order valence-corrected chi connectivity index (χ4v) is 3.53. The second-order valence-corrected chi connectivity index (χ2v) is 6.44. The van der Waals surface area contributed by atoms with Crippen LogP contribution in [-0.2, 0) is 11.3 Å². The lowest BCUT2D eigenvalue weighted by Gasteiger charge is -2.29. The second kappa shape index (κ2) is 6.55. The Morgan fingerprint density at radius 1 is 1.20 bits per heavy atom. The van der Waals surface area contributed by atoms with Gasteiger partial charge in [-0.15, -0.1) is 0 Å². The van der Waals surface area contributed by atoms with Crippen LogP contribution in [0.15, 0.2) is 54.9 Å². The molecule has 0 aliphatic carbocycles. The van der Waals surface area contributed by atoms with Gasteiger partial charge in [-0.05, 0) is 24.5 Å². The summed E-state index contributed by atoms with van der Waals surface area (Å²) in [7, 11) is 1.88. The lowest BCUT2D eigenvalue weighted by atomic mass is 10.1. The lowest BCUT2D eigenvalue weighted by Crippen LogP contribution is -2.44. The molecule has 1 fully saturated rings. The highest BCUT2D eigenvalue weighted by atomic mass is 16.2. The van der Waals surface area contributed by atoms with Crippen LogP contribution in [0.5, 0.6) is 0 Å². The fraction of sp³-hybridized carbons (Fsp3) is 0.316. The van der Waals surface area contributed by atoms with E-state index >= 15 is 0 Å². The molecule has 1 aliphatic heterocycles. The molecule has 1 amide bonds. The molecule has 0 saturated carbocycles. The minimum absolute atomic E-state index is 0.150. The number of amides is 1. The molecule has 0 N–H and O–H groups in total. The Bertz CT molecular complexity index is 876. The molecule has 1 saturated heterocycles. The molecule has 2 aromatic heterocycles. The van der Waals surface area contributed by atoms with Crippen molar-refractivity contribution < 1.29 is 4.79 Å². The molecule has 3 heterocycles. The Morgan fingerprint density at radius 3 is 2.88 bits per heavy atom. The number of hydrogen-bond acceptors (Lipinski definition) is 4. The van der Waals surface area contributed by atoms with Gasteiger partial charge >= 0.3 is 0 Å². The number of rotatable bonds is 4. The largest absolute Gasteiger partial charge is 0.344 e. The van der Waals surface area contributed by atoms with Crippen molar-refractivity contribution in [3.05, 3.63) is 60.4 Å². The minimum Gasteiger partial charge on any atom is -0.344 e. The van der Waals surface area contributed by atoms with Crippen LogP contribution >= 0.6 is 0 Å². The van der Waals surface area contributed by atoms with Crippen LogP contribution in [-0.4, -0.2) is 45.0 Å². The summed E-state index contributed by atoms with van der Waals surface area (Å²) in [5, 5.41) is 4.36. The van der Waals surface area contributed by atoms with Gasteiger partial charge in [-0.25, -0.2) is 4.98 Å². The summed E-state index contributed by atoms with van der Waals surface area (Å²) < 4.78 is 1.81.